The number of rotatable bonds is 8. The third-order valence-electron chi connectivity index (χ3n) is 3.31. The van der Waals surface area contributed by atoms with Crippen LogP contribution in [0.25, 0.3) is 0 Å². The van der Waals surface area contributed by atoms with Crippen molar-refractivity contribution in [3.63, 3.8) is 0 Å². The Morgan fingerprint density at radius 1 is 1.35 bits per heavy atom. The zero-order valence-electron chi connectivity index (χ0n) is 11.1. The van der Waals surface area contributed by atoms with Crippen LogP contribution in [0.4, 0.5) is 0 Å². The first-order chi connectivity index (χ1) is 7.91. The van der Waals surface area contributed by atoms with Gasteiger partial charge in [0, 0.05) is 18.2 Å². The Bertz CT molecular complexity index is 264. The number of hydrogen-bond acceptors (Lipinski definition) is 3. The molecule has 0 rings (SSSR count). The Balaban J connectivity index is 4.32. The van der Waals surface area contributed by atoms with Crippen LogP contribution >= 0.6 is 11.8 Å². The van der Waals surface area contributed by atoms with Gasteiger partial charge in [0.25, 0.3) is 0 Å². The average molecular weight is 261 g/mol. The predicted molar refractivity (Wildman–Crippen MR) is 71.3 cm³/mol. The SMILES string of the molecule is CCC(CC)(CNC(=O)CC(C)SC)C(=O)O. The van der Waals surface area contributed by atoms with Crippen LogP contribution in [0.5, 0.6) is 0 Å². The molecule has 4 nitrogen and oxygen atoms in total. The quantitative estimate of drug-likeness (QED) is 0.702. The molecule has 0 saturated heterocycles. The van der Waals surface area contributed by atoms with E-state index in [1.165, 1.54) is 0 Å². The van der Waals surface area contributed by atoms with E-state index in [1.54, 1.807) is 11.8 Å². The topological polar surface area (TPSA) is 66.4 Å². The molecule has 0 aliphatic rings. The third kappa shape index (κ3) is 4.98. The number of carbonyl (C=O) groups is 2. The molecule has 0 spiro atoms. The first-order valence-electron chi connectivity index (χ1n) is 5.94. The highest BCUT2D eigenvalue weighted by molar-refractivity contribution is 7.99. The van der Waals surface area contributed by atoms with Crippen LogP contribution < -0.4 is 5.32 Å². The lowest BCUT2D eigenvalue weighted by Gasteiger charge is -2.27. The second-order valence-corrected chi connectivity index (χ2v) is 5.60. The second kappa shape index (κ2) is 7.58. The van der Waals surface area contributed by atoms with Gasteiger partial charge in [-0.2, -0.15) is 11.8 Å². The van der Waals surface area contributed by atoms with E-state index in [1.807, 2.05) is 27.0 Å². The van der Waals surface area contributed by atoms with Crippen molar-refractivity contribution in [3.8, 4) is 0 Å². The van der Waals surface area contributed by atoms with Crippen LogP contribution in [-0.2, 0) is 9.59 Å². The highest BCUT2D eigenvalue weighted by Crippen LogP contribution is 2.25. The van der Waals surface area contributed by atoms with E-state index in [0.29, 0.717) is 19.3 Å². The van der Waals surface area contributed by atoms with Gasteiger partial charge in [-0.1, -0.05) is 20.8 Å². The minimum absolute atomic E-state index is 0.0700. The van der Waals surface area contributed by atoms with Gasteiger partial charge >= 0.3 is 5.97 Å². The van der Waals surface area contributed by atoms with E-state index in [4.69, 9.17) is 0 Å². The van der Waals surface area contributed by atoms with E-state index < -0.39 is 11.4 Å². The summed E-state index contributed by atoms with van der Waals surface area (Å²) in [5.41, 5.74) is -0.821. The number of aliphatic carboxylic acids is 1. The maximum atomic E-state index is 11.6. The normalized spacial score (nSPS) is 13.2. The molecule has 17 heavy (non-hydrogen) atoms. The van der Waals surface area contributed by atoms with Gasteiger partial charge in [-0.25, -0.2) is 0 Å². The second-order valence-electron chi connectivity index (χ2n) is 4.32. The van der Waals surface area contributed by atoms with Gasteiger partial charge in [-0.05, 0) is 19.1 Å². The highest BCUT2D eigenvalue weighted by atomic mass is 32.2. The molecular formula is C12H23NO3S. The lowest BCUT2D eigenvalue weighted by molar-refractivity contribution is -0.149. The maximum absolute atomic E-state index is 11.6. The largest absolute Gasteiger partial charge is 0.481 e. The van der Waals surface area contributed by atoms with Crippen molar-refractivity contribution in [1.82, 2.24) is 5.32 Å². The van der Waals surface area contributed by atoms with Crippen molar-refractivity contribution < 1.29 is 14.7 Å². The fourth-order valence-electron chi connectivity index (χ4n) is 1.56. The Morgan fingerprint density at radius 2 is 1.88 bits per heavy atom. The van der Waals surface area contributed by atoms with Crippen molar-refractivity contribution >= 4 is 23.6 Å². The molecule has 0 saturated carbocycles. The van der Waals surface area contributed by atoms with Crippen LogP contribution in [0.3, 0.4) is 0 Å². The van der Waals surface area contributed by atoms with Crippen LogP contribution in [0, 0.1) is 5.41 Å². The van der Waals surface area contributed by atoms with Crippen molar-refractivity contribution in [2.45, 2.75) is 45.3 Å². The Kier molecular flexibility index (Phi) is 7.27. The van der Waals surface area contributed by atoms with Crippen molar-refractivity contribution in [2.24, 2.45) is 5.41 Å². The monoisotopic (exact) mass is 261 g/mol. The molecule has 1 atom stereocenters. The summed E-state index contributed by atoms with van der Waals surface area (Å²) in [4.78, 5) is 22.8. The minimum Gasteiger partial charge on any atom is -0.481 e. The molecule has 0 heterocycles. The van der Waals surface area contributed by atoms with Crippen LogP contribution in [0.1, 0.15) is 40.0 Å². The molecule has 2 N–H and O–H groups in total. The van der Waals surface area contributed by atoms with Crippen LogP contribution in [0.15, 0.2) is 0 Å². The summed E-state index contributed by atoms with van der Waals surface area (Å²) in [6.45, 7) is 5.88. The van der Waals surface area contributed by atoms with Crippen LogP contribution in [0.2, 0.25) is 0 Å². The summed E-state index contributed by atoms with van der Waals surface area (Å²) in [7, 11) is 0. The third-order valence-corrected chi connectivity index (χ3v) is 4.28. The van der Waals surface area contributed by atoms with Gasteiger partial charge in [0.15, 0.2) is 0 Å². The zero-order valence-corrected chi connectivity index (χ0v) is 11.9. The summed E-state index contributed by atoms with van der Waals surface area (Å²) in [5.74, 6) is -0.903. The van der Waals surface area contributed by atoms with E-state index in [9.17, 15) is 14.7 Å². The Morgan fingerprint density at radius 3 is 2.24 bits per heavy atom. The molecule has 1 unspecified atom stereocenters. The maximum Gasteiger partial charge on any atom is 0.311 e. The molecule has 0 aromatic carbocycles. The molecule has 100 valence electrons. The molecule has 0 aromatic heterocycles. The van der Waals surface area contributed by atoms with Gasteiger partial charge in [0.1, 0.15) is 0 Å². The Labute approximate surface area is 108 Å². The first-order valence-corrected chi connectivity index (χ1v) is 7.23. The molecule has 0 fully saturated rings. The molecule has 5 heteroatoms. The van der Waals surface area contributed by atoms with Crippen molar-refractivity contribution in [2.75, 3.05) is 12.8 Å². The average Bonchev–Trinajstić information content (AvgIpc) is 2.30. The van der Waals surface area contributed by atoms with Gasteiger partial charge in [-0.3, -0.25) is 9.59 Å². The molecule has 0 aliphatic heterocycles. The number of nitrogens with one attached hydrogen (secondary N) is 1. The molecule has 0 bridgehead atoms. The van der Waals surface area contributed by atoms with E-state index in [-0.39, 0.29) is 17.7 Å². The summed E-state index contributed by atoms with van der Waals surface area (Å²) in [6.07, 6.45) is 3.44. The number of hydrogen-bond donors (Lipinski definition) is 2. The predicted octanol–water partition coefficient (Wildman–Crippen LogP) is 2.14. The number of carbonyl (C=O) groups excluding carboxylic acids is 1. The molecular weight excluding hydrogens is 238 g/mol. The Hall–Kier alpha value is -0.710. The molecule has 0 aromatic rings. The summed E-state index contributed by atoms with van der Waals surface area (Å²) >= 11 is 1.63. The lowest BCUT2D eigenvalue weighted by Crippen LogP contribution is -2.42. The number of amides is 1. The fourth-order valence-corrected chi connectivity index (χ4v) is 1.88. The van der Waals surface area contributed by atoms with E-state index in [2.05, 4.69) is 5.32 Å². The lowest BCUT2D eigenvalue weighted by atomic mass is 9.82. The van der Waals surface area contributed by atoms with Crippen molar-refractivity contribution in [1.29, 1.82) is 0 Å². The summed E-state index contributed by atoms with van der Waals surface area (Å²) in [5, 5.41) is 12.2. The standard InChI is InChI=1S/C12H23NO3S/c1-5-12(6-2,11(15)16)8-13-10(14)7-9(3)17-4/h9H,5-8H2,1-4H3,(H,13,14)(H,15,16). The van der Waals surface area contributed by atoms with Gasteiger partial charge < -0.3 is 10.4 Å². The number of carboxylic acids is 1. The van der Waals surface area contributed by atoms with Gasteiger partial charge in [0.2, 0.25) is 5.91 Å². The van der Waals surface area contributed by atoms with Gasteiger partial charge in [0.05, 0.1) is 5.41 Å². The minimum atomic E-state index is -0.833. The smallest absolute Gasteiger partial charge is 0.311 e. The number of thioether (sulfide) groups is 1. The first kappa shape index (κ1) is 16.3. The highest BCUT2D eigenvalue weighted by Gasteiger charge is 2.35. The number of carboxylic acid groups (broad SMARTS) is 1. The molecule has 0 aliphatic carbocycles. The molecule has 0 radical (unpaired) electrons. The molecule has 1 amide bonds. The zero-order chi connectivity index (χ0) is 13.5. The van der Waals surface area contributed by atoms with E-state index in [0.717, 1.165) is 0 Å². The summed E-state index contributed by atoms with van der Waals surface area (Å²) in [6, 6.07) is 0. The van der Waals surface area contributed by atoms with Crippen LogP contribution in [-0.4, -0.2) is 35.0 Å². The van der Waals surface area contributed by atoms with E-state index >= 15 is 0 Å². The van der Waals surface area contributed by atoms with Crippen molar-refractivity contribution in [3.05, 3.63) is 0 Å². The summed E-state index contributed by atoms with van der Waals surface area (Å²) < 4.78 is 0. The fraction of sp³-hybridized carbons (Fsp3) is 0.833. The van der Waals surface area contributed by atoms with Gasteiger partial charge in [-0.15, -0.1) is 0 Å².